The summed E-state index contributed by atoms with van der Waals surface area (Å²) in [5.41, 5.74) is -3.82. The maximum atomic E-state index is 15.5. The number of rotatable bonds is 13. The molecule has 1 amide bonds. The fraction of sp³-hybridized carbons (Fsp3) is 0.818. The topological polar surface area (TPSA) is 325 Å². The van der Waals surface area contributed by atoms with E-state index in [-0.39, 0.29) is 55.3 Å². The average Bonchev–Trinajstić information content (AvgIpc) is 1.69. The molecule has 7 N–H and O–H groups in total. The number of ketones is 1. The van der Waals surface area contributed by atoms with Gasteiger partial charge in [-0.2, -0.15) is 0 Å². The number of nitrogens with one attached hydrogen (secondary N) is 1. The number of esters is 2. The molecular formula is C66H100N2O23. The Labute approximate surface area is 533 Å². The second kappa shape index (κ2) is 28.0. The fourth-order valence-electron chi connectivity index (χ4n) is 17.1. The lowest BCUT2D eigenvalue weighted by molar-refractivity contribution is -0.390. The number of alkyl carbamates (subject to hydrolysis) is 1. The largest absolute Gasteiger partial charge is 0.511 e. The molecule has 91 heavy (non-hydrogen) atoms. The standard InChI is InChI=1S/C66H100N2O23/c1-30-16-20-46(86-53-29-64(11,68(77)78)59(38(9)84-53)67-63(76)79-13)31(2)26-42-44(71)15-14-24-66(42)61(74)54(62(75)91-66)60(73)65(12)41(30)18-17-40-55(65)32(3)25-33(4)56(40)90-52-28-48(58(37(8)83-52)85-39(10)69)88-49-23-21-47(35(6)81-49)87-51-27-45(72)57(36(7)82-51)89-50-22-19-43(70)34(5)80-50/h16-18,26,32-38,40-53,55-59,70-73,77-78H,14-15,19-25,27-29H2,1-13H3,(H,67,76)/b30-16+,31-26-,60-54?/t32-,33-,34?,35?,36?,37?,38?,40-,41-,42+,43?,44-,45?,46-,47?,48?,49?,50?,51?,52?,53?,55+,56-,57?,58?,59?,64?,65+,66-/m0/s1. The van der Waals surface area contributed by atoms with Crippen LogP contribution in [0.3, 0.4) is 0 Å². The molecule has 0 aromatic heterocycles. The van der Waals surface area contributed by atoms with E-state index in [0.29, 0.717) is 50.5 Å². The number of carbonyl (C=O) groups excluding carboxylic acids is 4. The summed E-state index contributed by atoms with van der Waals surface area (Å²) in [5, 5.41) is 70.5. The first-order valence-corrected chi connectivity index (χ1v) is 33.0. The third-order valence-electron chi connectivity index (χ3n) is 21.8. The van der Waals surface area contributed by atoms with Crippen LogP contribution in [0.25, 0.3) is 0 Å². The van der Waals surface area contributed by atoms with Crippen molar-refractivity contribution in [3.05, 3.63) is 46.8 Å². The Kier molecular flexibility index (Phi) is 21.5. The summed E-state index contributed by atoms with van der Waals surface area (Å²) in [6, 6.07) is -0.961. The van der Waals surface area contributed by atoms with E-state index in [0.717, 1.165) is 5.57 Å². The molecule has 6 heterocycles. The van der Waals surface area contributed by atoms with Gasteiger partial charge in [0.15, 0.2) is 43.2 Å². The molecule has 1 spiro atoms. The van der Waals surface area contributed by atoms with Gasteiger partial charge in [-0.3, -0.25) is 20.0 Å². The van der Waals surface area contributed by atoms with Crippen molar-refractivity contribution in [2.45, 2.75) is 294 Å². The third-order valence-corrected chi connectivity index (χ3v) is 21.8. The molecule has 29 atom stereocenters. The molecule has 25 nitrogen and oxygen atoms in total. The molecule has 4 aliphatic carbocycles. The molecule has 2 bridgehead atoms. The molecule has 0 radical (unpaired) electrons. The van der Waals surface area contributed by atoms with Crippen LogP contribution in [-0.4, -0.2) is 201 Å². The summed E-state index contributed by atoms with van der Waals surface area (Å²) in [5.74, 6) is -5.33. The van der Waals surface area contributed by atoms with Crippen molar-refractivity contribution < 1.29 is 112 Å². The van der Waals surface area contributed by atoms with Crippen molar-refractivity contribution >= 4 is 23.8 Å². The highest BCUT2D eigenvalue weighted by molar-refractivity contribution is 6.26. The van der Waals surface area contributed by atoms with Crippen molar-refractivity contribution in [1.82, 2.24) is 10.5 Å². The molecule has 512 valence electrons. The smallest absolute Gasteiger partial charge is 0.407 e. The van der Waals surface area contributed by atoms with Gasteiger partial charge >= 0.3 is 18.0 Å². The number of fused-ring (bicyclic) bond motifs is 4. The third kappa shape index (κ3) is 13.9. The number of amides is 1. The van der Waals surface area contributed by atoms with Gasteiger partial charge in [-0.15, -0.1) is 0 Å². The average molecular weight is 1290 g/mol. The highest BCUT2D eigenvalue weighted by atomic mass is 16.8. The number of hydrogen-bond acceptors (Lipinski definition) is 24. The van der Waals surface area contributed by atoms with Gasteiger partial charge in [0.2, 0.25) is 5.78 Å². The van der Waals surface area contributed by atoms with Crippen LogP contribution < -0.4 is 5.32 Å². The van der Waals surface area contributed by atoms with E-state index >= 15 is 4.79 Å². The number of methoxy groups -OCH3 is 1. The van der Waals surface area contributed by atoms with Crippen LogP contribution in [0.4, 0.5) is 4.79 Å². The highest BCUT2D eigenvalue weighted by Gasteiger charge is 2.65. The second-order valence-electron chi connectivity index (χ2n) is 28.2. The first kappa shape index (κ1) is 69.8. The van der Waals surface area contributed by atoms with Crippen LogP contribution in [0.1, 0.15) is 160 Å². The lowest BCUT2D eigenvalue weighted by Crippen LogP contribution is -2.68. The molecule has 10 aliphatic rings. The van der Waals surface area contributed by atoms with E-state index in [1.165, 1.54) is 14.0 Å². The predicted molar refractivity (Wildman–Crippen MR) is 319 cm³/mol. The first-order chi connectivity index (χ1) is 43.0. The number of carbonyl (C=O) groups is 4. The van der Waals surface area contributed by atoms with E-state index in [1.807, 2.05) is 39.8 Å². The molecule has 6 saturated heterocycles. The van der Waals surface area contributed by atoms with Crippen molar-refractivity contribution in [2.24, 2.45) is 40.9 Å². The Bertz CT molecular complexity index is 2750. The number of aliphatic hydroxyl groups is 4. The van der Waals surface area contributed by atoms with E-state index in [2.05, 4.69) is 25.2 Å². The minimum atomic E-state index is -1.86. The van der Waals surface area contributed by atoms with Crippen LogP contribution in [0, 0.1) is 40.9 Å². The number of aliphatic hydroxyl groups excluding tert-OH is 4. The maximum Gasteiger partial charge on any atom is 0.407 e. The van der Waals surface area contributed by atoms with E-state index in [1.54, 1.807) is 40.7 Å². The van der Waals surface area contributed by atoms with Gasteiger partial charge in [-0.25, -0.2) is 9.59 Å². The van der Waals surface area contributed by atoms with E-state index in [4.69, 9.17) is 61.6 Å². The summed E-state index contributed by atoms with van der Waals surface area (Å²) in [6.07, 6.45) is -2.74. The Morgan fingerprint density at radius 2 is 1.31 bits per heavy atom. The normalized spacial score (nSPS) is 48.4. The zero-order chi connectivity index (χ0) is 65.9. The van der Waals surface area contributed by atoms with Gasteiger partial charge in [0.25, 0.3) is 0 Å². The zero-order valence-electron chi connectivity index (χ0n) is 54.9. The van der Waals surface area contributed by atoms with Crippen LogP contribution in [-0.2, 0) is 76.0 Å². The van der Waals surface area contributed by atoms with Crippen molar-refractivity contribution in [1.29, 1.82) is 0 Å². The Morgan fingerprint density at radius 1 is 0.670 bits per heavy atom. The summed E-state index contributed by atoms with van der Waals surface area (Å²) in [4.78, 5) is 55.3. The van der Waals surface area contributed by atoms with Crippen molar-refractivity contribution in [3.63, 3.8) is 0 Å². The van der Waals surface area contributed by atoms with Gasteiger partial charge in [0.05, 0.1) is 91.8 Å². The van der Waals surface area contributed by atoms with Crippen molar-refractivity contribution in [2.75, 3.05) is 7.11 Å². The molecule has 6 aliphatic heterocycles. The van der Waals surface area contributed by atoms with E-state index in [9.17, 15) is 45.2 Å². The maximum absolute atomic E-state index is 15.5. The Balaban J connectivity index is 0.888. The Hall–Kier alpha value is -4.00. The summed E-state index contributed by atoms with van der Waals surface area (Å²) in [6.45, 7) is 21.7. The molecule has 25 heteroatoms. The number of allylic oxidation sites excluding steroid dienone is 3. The van der Waals surface area contributed by atoms with Gasteiger partial charge in [-0.05, 0) is 124 Å². The van der Waals surface area contributed by atoms with Crippen LogP contribution in [0.2, 0.25) is 0 Å². The lowest BCUT2D eigenvalue weighted by Gasteiger charge is -2.56. The van der Waals surface area contributed by atoms with Crippen molar-refractivity contribution in [3.8, 4) is 0 Å². The van der Waals surface area contributed by atoms with Gasteiger partial charge < -0.3 is 87.3 Å². The fourth-order valence-corrected chi connectivity index (χ4v) is 17.1. The molecule has 2 saturated carbocycles. The van der Waals surface area contributed by atoms with Gasteiger partial charge in [0, 0.05) is 56.3 Å². The second-order valence-corrected chi connectivity index (χ2v) is 28.2. The van der Waals surface area contributed by atoms with Gasteiger partial charge in [-0.1, -0.05) is 55.9 Å². The quantitative estimate of drug-likeness (QED) is 0.0327. The zero-order valence-corrected chi connectivity index (χ0v) is 54.9. The molecule has 18 unspecified atom stereocenters. The summed E-state index contributed by atoms with van der Waals surface area (Å²) >= 11 is 0. The molecule has 0 aromatic rings. The van der Waals surface area contributed by atoms with Crippen LogP contribution in [0.5, 0.6) is 0 Å². The minimum absolute atomic E-state index is 0.0411. The number of hydrogen-bond donors (Lipinski definition) is 7. The molecule has 8 fully saturated rings. The monoisotopic (exact) mass is 1290 g/mol. The molecule has 0 aromatic carbocycles. The number of Topliss-reactive ketones (excluding diaryl/α,β-unsaturated/α-hetero) is 1. The van der Waals surface area contributed by atoms with Gasteiger partial charge in [0.1, 0.15) is 23.5 Å². The minimum Gasteiger partial charge on any atom is -0.511 e. The predicted octanol–water partition coefficient (Wildman–Crippen LogP) is 6.82. The number of hydroxylamine groups is 2. The summed E-state index contributed by atoms with van der Waals surface area (Å²) in [7, 11) is 1.20. The molecule has 10 rings (SSSR count). The Morgan fingerprint density at radius 3 is 1.98 bits per heavy atom. The number of nitrogens with zero attached hydrogens (tertiary/aromatic N) is 1. The molecular weight excluding hydrogens is 1190 g/mol. The first-order valence-electron chi connectivity index (χ1n) is 33.0. The summed E-state index contributed by atoms with van der Waals surface area (Å²) < 4.78 is 81.9. The van der Waals surface area contributed by atoms with Crippen LogP contribution >= 0.6 is 0 Å². The van der Waals surface area contributed by atoms with E-state index < -0.39 is 192 Å². The highest BCUT2D eigenvalue weighted by Crippen LogP contribution is 2.61. The number of ether oxygens (including phenoxy) is 13. The lowest BCUT2D eigenvalue weighted by atomic mass is 9.49. The SMILES string of the molecule is COC(=O)NC1C(C)OC(O[C@H]2C/C=C(\C)[C@@H]3C=C[C@@H]4[C@@H](OC5CC(OC6CCC(OC7CC(O)C(OC8CCC(O)C(C)O8)C(C)O7)C(C)O6)C(OC(C)=O)C(C)O5)[C@@H](C)C[C@H](C)[C@H]4[C@]3(C)C(O)=C3C(=O)O[C@]4(CCC[C@H](O)[C@H]4/C=C\2C)C3=O)CC1(C)N(O)O. The van der Waals surface area contributed by atoms with Crippen LogP contribution in [0.15, 0.2) is 46.8 Å².